The van der Waals surface area contributed by atoms with Gasteiger partial charge in [0.1, 0.15) is 4.90 Å². The van der Waals surface area contributed by atoms with Gasteiger partial charge < -0.3 is 5.73 Å². The summed E-state index contributed by atoms with van der Waals surface area (Å²) in [5, 5.41) is 5.05. The second-order valence-corrected chi connectivity index (χ2v) is 7.45. The van der Waals surface area contributed by atoms with Gasteiger partial charge in [0.25, 0.3) is 0 Å². The smallest absolute Gasteiger partial charge is 0.239 e. The Morgan fingerprint density at radius 1 is 0.700 bits per heavy atom. The van der Waals surface area contributed by atoms with Crippen LogP contribution >= 0.6 is 0 Å². The first-order valence-corrected chi connectivity index (χ1v) is 8.49. The fourth-order valence-electron chi connectivity index (χ4n) is 1.75. The molecule has 8 heteroatoms. The molecule has 0 fully saturated rings. The molecule has 0 aliphatic rings. The van der Waals surface area contributed by atoms with Crippen molar-refractivity contribution in [2.75, 3.05) is 5.73 Å². The van der Waals surface area contributed by atoms with Crippen molar-refractivity contribution < 1.29 is 16.8 Å². The summed E-state index contributed by atoms with van der Waals surface area (Å²) in [6.45, 7) is 0. The van der Waals surface area contributed by atoms with E-state index in [1.54, 1.807) is 6.07 Å². The highest BCUT2D eigenvalue weighted by atomic mass is 32.2. The summed E-state index contributed by atoms with van der Waals surface area (Å²) in [6.07, 6.45) is 0. The van der Waals surface area contributed by atoms with Crippen molar-refractivity contribution in [1.82, 2.24) is 0 Å². The van der Waals surface area contributed by atoms with E-state index < -0.39 is 24.8 Å². The standard InChI is InChI=1S/C12H12N2O4S2/c13-9-5-1-2-6-10(9)19(15,16)11-7-3-4-8-12(11)20(14,17)18/h1-8H,13H2,(H2,14,17,18). The normalized spacial score (nSPS) is 12.2. The summed E-state index contributed by atoms with van der Waals surface area (Å²) in [5.41, 5.74) is 5.68. The molecule has 2 aromatic rings. The van der Waals surface area contributed by atoms with Gasteiger partial charge in [-0.15, -0.1) is 0 Å². The highest BCUT2D eigenvalue weighted by Gasteiger charge is 2.26. The van der Waals surface area contributed by atoms with Gasteiger partial charge in [-0.25, -0.2) is 22.0 Å². The second kappa shape index (κ2) is 4.89. The predicted molar refractivity (Wildman–Crippen MR) is 74.1 cm³/mol. The van der Waals surface area contributed by atoms with Crippen molar-refractivity contribution in [3.63, 3.8) is 0 Å². The summed E-state index contributed by atoms with van der Waals surface area (Å²) in [4.78, 5) is -1.00. The zero-order chi connectivity index (χ0) is 15.0. The van der Waals surface area contributed by atoms with Crippen molar-refractivity contribution in [2.24, 2.45) is 5.14 Å². The summed E-state index contributed by atoms with van der Waals surface area (Å²) in [7, 11) is -8.23. The van der Waals surface area contributed by atoms with E-state index in [1.165, 1.54) is 36.4 Å². The van der Waals surface area contributed by atoms with Gasteiger partial charge in [0.05, 0.1) is 15.5 Å². The molecule has 0 aromatic heterocycles. The van der Waals surface area contributed by atoms with Gasteiger partial charge in [-0.1, -0.05) is 24.3 Å². The molecule has 0 radical (unpaired) electrons. The molecule has 0 saturated heterocycles. The maximum Gasteiger partial charge on any atom is 0.239 e. The molecule has 2 rings (SSSR count). The van der Waals surface area contributed by atoms with Gasteiger partial charge >= 0.3 is 0 Å². The Balaban J connectivity index is 2.79. The fourth-order valence-corrected chi connectivity index (χ4v) is 4.51. The summed E-state index contributed by atoms with van der Waals surface area (Å²) in [6, 6.07) is 11.0. The van der Waals surface area contributed by atoms with Crippen LogP contribution in [0.25, 0.3) is 0 Å². The summed E-state index contributed by atoms with van der Waals surface area (Å²) < 4.78 is 48.0. The van der Waals surface area contributed by atoms with Crippen LogP contribution in [0, 0.1) is 0 Å². The molecule has 106 valence electrons. The number of anilines is 1. The number of primary sulfonamides is 1. The van der Waals surface area contributed by atoms with Gasteiger partial charge in [0, 0.05) is 0 Å². The third-order valence-corrected chi connectivity index (χ3v) is 5.64. The maximum absolute atomic E-state index is 12.5. The van der Waals surface area contributed by atoms with Crippen LogP contribution in [-0.2, 0) is 19.9 Å². The van der Waals surface area contributed by atoms with E-state index in [-0.39, 0.29) is 15.5 Å². The molecule has 0 aliphatic heterocycles. The summed E-state index contributed by atoms with van der Waals surface area (Å²) in [5.74, 6) is 0. The Morgan fingerprint density at radius 2 is 1.15 bits per heavy atom. The Labute approximate surface area is 117 Å². The molecular formula is C12H12N2O4S2. The van der Waals surface area contributed by atoms with Crippen molar-refractivity contribution in [3.8, 4) is 0 Å². The molecule has 0 amide bonds. The molecule has 0 unspecified atom stereocenters. The fraction of sp³-hybridized carbons (Fsp3) is 0. The van der Waals surface area contributed by atoms with E-state index in [4.69, 9.17) is 10.9 Å². The molecule has 2 aromatic carbocycles. The molecule has 0 bridgehead atoms. The SMILES string of the molecule is Nc1ccccc1S(=O)(=O)c1ccccc1S(N)(=O)=O. The number of sulfonamides is 1. The molecular weight excluding hydrogens is 300 g/mol. The van der Waals surface area contributed by atoms with Gasteiger partial charge in [0.2, 0.25) is 19.9 Å². The molecule has 20 heavy (non-hydrogen) atoms. The number of nitrogens with two attached hydrogens (primary N) is 2. The molecule has 4 N–H and O–H groups in total. The van der Waals surface area contributed by atoms with Crippen molar-refractivity contribution in [2.45, 2.75) is 14.7 Å². The average Bonchev–Trinajstić information content (AvgIpc) is 2.38. The Morgan fingerprint density at radius 3 is 1.65 bits per heavy atom. The van der Waals surface area contributed by atoms with Crippen molar-refractivity contribution >= 4 is 25.5 Å². The lowest BCUT2D eigenvalue weighted by molar-refractivity contribution is 0.583. The third kappa shape index (κ3) is 2.53. The van der Waals surface area contributed by atoms with Crippen LogP contribution in [0.15, 0.2) is 63.2 Å². The minimum Gasteiger partial charge on any atom is -0.398 e. The Hall–Kier alpha value is -1.90. The number of nitrogen functional groups attached to an aromatic ring is 1. The van der Waals surface area contributed by atoms with Crippen LogP contribution in [0.1, 0.15) is 0 Å². The van der Waals surface area contributed by atoms with Crippen LogP contribution in [0.2, 0.25) is 0 Å². The largest absolute Gasteiger partial charge is 0.398 e. The molecule has 0 spiro atoms. The van der Waals surface area contributed by atoms with E-state index in [0.29, 0.717) is 0 Å². The average molecular weight is 312 g/mol. The van der Waals surface area contributed by atoms with Crippen LogP contribution in [0.3, 0.4) is 0 Å². The highest BCUT2D eigenvalue weighted by molar-refractivity contribution is 7.93. The number of benzene rings is 2. The van der Waals surface area contributed by atoms with Crippen LogP contribution < -0.4 is 10.9 Å². The Kier molecular flexibility index (Phi) is 3.55. The van der Waals surface area contributed by atoms with Crippen molar-refractivity contribution in [1.29, 1.82) is 0 Å². The van der Waals surface area contributed by atoms with E-state index in [2.05, 4.69) is 0 Å². The quantitative estimate of drug-likeness (QED) is 0.810. The predicted octanol–water partition coefficient (Wildman–Crippen LogP) is 0.749. The lowest BCUT2D eigenvalue weighted by Crippen LogP contribution is -2.17. The minimum atomic E-state index is -4.16. The van der Waals surface area contributed by atoms with E-state index in [1.807, 2.05) is 0 Å². The van der Waals surface area contributed by atoms with E-state index in [0.717, 1.165) is 6.07 Å². The second-order valence-electron chi connectivity index (χ2n) is 4.03. The highest BCUT2D eigenvalue weighted by Crippen LogP contribution is 2.29. The van der Waals surface area contributed by atoms with Crippen LogP contribution in [0.5, 0.6) is 0 Å². The first-order valence-electron chi connectivity index (χ1n) is 5.46. The number of sulfone groups is 1. The van der Waals surface area contributed by atoms with Crippen molar-refractivity contribution in [3.05, 3.63) is 48.5 Å². The number of hydrogen-bond donors (Lipinski definition) is 2. The Bertz CT molecular complexity index is 859. The van der Waals surface area contributed by atoms with Gasteiger partial charge in [0.15, 0.2) is 0 Å². The molecule has 0 saturated carbocycles. The molecule has 0 heterocycles. The molecule has 0 aliphatic carbocycles. The van der Waals surface area contributed by atoms with Gasteiger partial charge in [-0.3, -0.25) is 0 Å². The van der Waals surface area contributed by atoms with Gasteiger partial charge in [-0.05, 0) is 24.3 Å². The first-order chi connectivity index (χ1) is 9.24. The zero-order valence-electron chi connectivity index (χ0n) is 10.2. The topological polar surface area (TPSA) is 120 Å². The zero-order valence-corrected chi connectivity index (χ0v) is 11.9. The maximum atomic E-state index is 12.5. The first kappa shape index (κ1) is 14.5. The number of hydrogen-bond acceptors (Lipinski definition) is 5. The lowest BCUT2D eigenvalue weighted by atomic mass is 10.3. The third-order valence-electron chi connectivity index (χ3n) is 2.65. The number of para-hydroxylation sites is 1. The van der Waals surface area contributed by atoms with E-state index in [9.17, 15) is 16.8 Å². The minimum absolute atomic E-state index is 0.0386. The van der Waals surface area contributed by atoms with Crippen LogP contribution in [0.4, 0.5) is 5.69 Å². The lowest BCUT2D eigenvalue weighted by Gasteiger charge is -2.10. The number of rotatable bonds is 3. The van der Waals surface area contributed by atoms with E-state index >= 15 is 0 Å². The van der Waals surface area contributed by atoms with Gasteiger partial charge in [-0.2, -0.15) is 0 Å². The van der Waals surface area contributed by atoms with Crippen LogP contribution in [-0.4, -0.2) is 16.8 Å². The molecule has 6 nitrogen and oxygen atoms in total. The monoisotopic (exact) mass is 312 g/mol. The summed E-state index contributed by atoms with van der Waals surface area (Å²) >= 11 is 0. The molecule has 0 atom stereocenters.